The zero-order valence-corrected chi connectivity index (χ0v) is 18.4. The summed E-state index contributed by atoms with van der Waals surface area (Å²) in [5, 5.41) is 3.91. The number of carbonyl (C=O) groups excluding carboxylic acids is 2. The van der Waals surface area contributed by atoms with E-state index in [1.54, 1.807) is 11.0 Å². The summed E-state index contributed by atoms with van der Waals surface area (Å²) >= 11 is 0. The van der Waals surface area contributed by atoms with Gasteiger partial charge in [-0.2, -0.15) is 0 Å². The number of rotatable bonds is 6. The Morgan fingerprint density at radius 3 is 2.62 bits per heavy atom. The lowest BCUT2D eigenvalue weighted by Gasteiger charge is -2.30. The minimum atomic E-state index is -0.700. The molecule has 32 heavy (non-hydrogen) atoms. The highest BCUT2D eigenvalue weighted by atomic mass is 19.1. The maximum Gasteiger partial charge on any atom is 0.250 e. The number of nitrogens with zero attached hydrogens (tertiary/aromatic N) is 1. The molecule has 1 aromatic heterocycles. The lowest BCUT2D eigenvalue weighted by Crippen LogP contribution is -2.44. The van der Waals surface area contributed by atoms with E-state index in [1.165, 1.54) is 12.1 Å². The van der Waals surface area contributed by atoms with Crippen LogP contribution in [0.5, 0.6) is 0 Å². The smallest absolute Gasteiger partial charge is 0.250 e. The third-order valence-electron chi connectivity index (χ3n) is 5.79. The summed E-state index contributed by atoms with van der Waals surface area (Å²) in [7, 11) is 0. The van der Waals surface area contributed by atoms with E-state index in [0.717, 1.165) is 27.6 Å². The average Bonchev–Trinajstić information content (AvgIpc) is 3.20. The third kappa shape index (κ3) is 4.74. The highest BCUT2D eigenvalue weighted by molar-refractivity contribution is 5.94. The Kier molecular flexibility index (Phi) is 6.40. The van der Waals surface area contributed by atoms with Gasteiger partial charge in [0.15, 0.2) is 0 Å². The predicted molar refractivity (Wildman–Crippen MR) is 124 cm³/mol. The molecule has 4 rings (SSSR count). The molecule has 166 valence electrons. The van der Waals surface area contributed by atoms with Gasteiger partial charge in [0.2, 0.25) is 11.8 Å². The third-order valence-corrected chi connectivity index (χ3v) is 5.79. The Morgan fingerprint density at radius 1 is 1.16 bits per heavy atom. The van der Waals surface area contributed by atoms with Gasteiger partial charge >= 0.3 is 0 Å². The van der Waals surface area contributed by atoms with Gasteiger partial charge in [-0.15, -0.1) is 0 Å². The van der Waals surface area contributed by atoms with Gasteiger partial charge in [-0.1, -0.05) is 50.3 Å². The SMILES string of the molecule is CC(C)CC(=O)NC(C(=O)N1CC=C(c2c[nH]c3cc(F)ccc23)CC1)c1ccccc1. The Morgan fingerprint density at radius 2 is 1.94 bits per heavy atom. The average molecular weight is 434 g/mol. The molecule has 0 saturated carbocycles. The molecular formula is C26H28FN3O2. The second-order valence-corrected chi connectivity index (χ2v) is 8.67. The number of halogens is 1. The highest BCUT2D eigenvalue weighted by Crippen LogP contribution is 2.30. The van der Waals surface area contributed by atoms with Crippen LogP contribution < -0.4 is 5.32 Å². The van der Waals surface area contributed by atoms with Gasteiger partial charge in [-0.05, 0) is 41.7 Å². The molecule has 2 heterocycles. The molecule has 0 spiro atoms. The standard InChI is InChI=1S/C26H28FN3O2/c1-17(2)14-24(31)29-25(19-6-4-3-5-7-19)26(32)30-12-10-18(11-13-30)22-16-28-23-15-20(27)8-9-21(22)23/h3-10,15-17,25,28H,11-14H2,1-2H3,(H,29,31). The van der Waals surface area contributed by atoms with Crippen molar-refractivity contribution in [2.45, 2.75) is 32.7 Å². The maximum atomic E-state index is 13.5. The van der Waals surface area contributed by atoms with Crippen molar-refractivity contribution in [1.29, 1.82) is 0 Å². The number of carbonyl (C=O) groups is 2. The maximum absolute atomic E-state index is 13.5. The van der Waals surface area contributed by atoms with E-state index >= 15 is 0 Å². The van der Waals surface area contributed by atoms with Crippen LogP contribution in [0.2, 0.25) is 0 Å². The number of nitrogens with one attached hydrogen (secondary N) is 2. The fourth-order valence-corrected chi connectivity index (χ4v) is 4.18. The molecule has 2 amide bonds. The van der Waals surface area contributed by atoms with Crippen molar-refractivity contribution in [2.75, 3.05) is 13.1 Å². The fraction of sp³-hybridized carbons (Fsp3) is 0.308. The molecule has 5 nitrogen and oxygen atoms in total. The molecule has 0 radical (unpaired) electrons. The summed E-state index contributed by atoms with van der Waals surface area (Å²) in [5.74, 6) is -0.288. The summed E-state index contributed by atoms with van der Waals surface area (Å²) in [6.07, 6.45) is 5.01. The van der Waals surface area contributed by atoms with E-state index < -0.39 is 6.04 Å². The molecule has 3 aromatic rings. The molecular weight excluding hydrogens is 405 g/mol. The Hall–Kier alpha value is -3.41. The molecule has 0 bridgehead atoms. The molecule has 6 heteroatoms. The summed E-state index contributed by atoms with van der Waals surface area (Å²) in [6, 6.07) is 13.4. The van der Waals surface area contributed by atoms with Crippen LogP contribution in [0.3, 0.4) is 0 Å². The zero-order chi connectivity index (χ0) is 22.7. The van der Waals surface area contributed by atoms with Gasteiger partial charge in [-0.25, -0.2) is 4.39 Å². The Bertz CT molecular complexity index is 1150. The molecule has 0 saturated heterocycles. The number of H-pyrrole nitrogens is 1. The minimum absolute atomic E-state index is 0.107. The first-order valence-corrected chi connectivity index (χ1v) is 11.0. The van der Waals surface area contributed by atoms with Crippen LogP contribution in [0.4, 0.5) is 4.39 Å². The van der Waals surface area contributed by atoms with Crippen LogP contribution in [-0.4, -0.2) is 34.8 Å². The van der Waals surface area contributed by atoms with Crippen LogP contribution in [0.1, 0.15) is 43.9 Å². The fourth-order valence-electron chi connectivity index (χ4n) is 4.18. The first-order valence-electron chi connectivity index (χ1n) is 11.0. The number of hydrogen-bond acceptors (Lipinski definition) is 2. The van der Waals surface area contributed by atoms with Gasteiger partial charge in [0.1, 0.15) is 11.9 Å². The summed E-state index contributed by atoms with van der Waals surface area (Å²) in [6.45, 7) is 4.98. The topological polar surface area (TPSA) is 65.2 Å². The van der Waals surface area contributed by atoms with Crippen molar-refractivity contribution in [3.05, 3.63) is 77.7 Å². The van der Waals surface area contributed by atoms with Crippen LogP contribution in [0.25, 0.3) is 16.5 Å². The van der Waals surface area contributed by atoms with Crippen LogP contribution in [0.15, 0.2) is 60.8 Å². The van der Waals surface area contributed by atoms with Gasteiger partial charge < -0.3 is 15.2 Å². The van der Waals surface area contributed by atoms with Crippen molar-refractivity contribution in [3.63, 3.8) is 0 Å². The second kappa shape index (κ2) is 9.39. The molecule has 2 N–H and O–H groups in total. The number of fused-ring (bicyclic) bond motifs is 1. The number of hydrogen-bond donors (Lipinski definition) is 2. The van der Waals surface area contributed by atoms with Crippen molar-refractivity contribution >= 4 is 28.3 Å². The summed E-state index contributed by atoms with van der Waals surface area (Å²) in [5.41, 5.74) is 3.71. The quantitative estimate of drug-likeness (QED) is 0.585. The Balaban J connectivity index is 1.52. The largest absolute Gasteiger partial charge is 0.360 e. The summed E-state index contributed by atoms with van der Waals surface area (Å²) < 4.78 is 13.5. The number of aromatic nitrogens is 1. The zero-order valence-electron chi connectivity index (χ0n) is 18.4. The van der Waals surface area contributed by atoms with E-state index in [-0.39, 0.29) is 23.5 Å². The number of aromatic amines is 1. The van der Waals surface area contributed by atoms with Crippen molar-refractivity contribution in [3.8, 4) is 0 Å². The van der Waals surface area contributed by atoms with Crippen molar-refractivity contribution in [1.82, 2.24) is 15.2 Å². The van der Waals surface area contributed by atoms with Crippen molar-refractivity contribution in [2.24, 2.45) is 5.92 Å². The molecule has 0 fully saturated rings. The Labute approximate surface area is 187 Å². The normalized spacial score (nSPS) is 15.0. The van der Waals surface area contributed by atoms with Crippen molar-refractivity contribution < 1.29 is 14.0 Å². The van der Waals surface area contributed by atoms with E-state index in [0.29, 0.717) is 25.9 Å². The number of amides is 2. The van der Waals surface area contributed by atoms with Crippen LogP contribution in [-0.2, 0) is 9.59 Å². The lowest BCUT2D eigenvalue weighted by molar-refractivity contribution is -0.136. The van der Waals surface area contributed by atoms with E-state index in [1.807, 2.05) is 56.5 Å². The molecule has 1 aliphatic heterocycles. The lowest BCUT2D eigenvalue weighted by atomic mass is 9.97. The first-order chi connectivity index (χ1) is 15.4. The van der Waals surface area contributed by atoms with E-state index in [9.17, 15) is 14.0 Å². The molecule has 0 aliphatic carbocycles. The van der Waals surface area contributed by atoms with Crippen LogP contribution in [0, 0.1) is 11.7 Å². The highest BCUT2D eigenvalue weighted by Gasteiger charge is 2.29. The predicted octanol–water partition coefficient (Wildman–Crippen LogP) is 4.83. The van der Waals surface area contributed by atoms with E-state index in [4.69, 9.17) is 0 Å². The molecule has 1 aliphatic rings. The molecule has 2 aromatic carbocycles. The monoisotopic (exact) mass is 433 g/mol. The van der Waals surface area contributed by atoms with E-state index in [2.05, 4.69) is 10.3 Å². The van der Waals surface area contributed by atoms with Gasteiger partial charge in [0.05, 0.1) is 0 Å². The minimum Gasteiger partial charge on any atom is -0.360 e. The van der Waals surface area contributed by atoms with Gasteiger partial charge in [0, 0.05) is 42.2 Å². The first kappa shape index (κ1) is 21.8. The second-order valence-electron chi connectivity index (χ2n) is 8.67. The van der Waals surface area contributed by atoms with Crippen LogP contribution >= 0.6 is 0 Å². The number of benzene rings is 2. The molecule has 1 unspecified atom stereocenters. The van der Waals surface area contributed by atoms with Gasteiger partial charge in [-0.3, -0.25) is 9.59 Å². The summed E-state index contributed by atoms with van der Waals surface area (Å²) in [4.78, 5) is 30.8. The molecule has 1 atom stereocenters. The van der Waals surface area contributed by atoms with Gasteiger partial charge in [0.25, 0.3) is 0 Å².